The molecule has 1 aromatic heterocycles. The summed E-state index contributed by atoms with van der Waals surface area (Å²) < 4.78 is 0. The van der Waals surface area contributed by atoms with E-state index in [-0.39, 0.29) is 24.0 Å². The molecule has 0 spiro atoms. The molecule has 1 amide bonds. The number of hydrogen-bond donors (Lipinski definition) is 3. The summed E-state index contributed by atoms with van der Waals surface area (Å²) in [4.78, 5) is 29.3. The molecule has 1 aliphatic carbocycles. The third-order valence-electron chi connectivity index (χ3n) is 8.19. The fraction of sp³-hybridized carbons (Fsp3) is 0.759. The Labute approximate surface area is 222 Å². The first-order chi connectivity index (χ1) is 16.7. The number of carbonyl (C=O) groups excluding carboxylic acids is 2. The van der Waals surface area contributed by atoms with Crippen molar-refractivity contribution in [3.63, 3.8) is 0 Å². The Morgan fingerprint density at radius 3 is 2.42 bits per heavy atom. The molecule has 3 rings (SSSR count). The zero-order valence-electron chi connectivity index (χ0n) is 23.6. The van der Waals surface area contributed by atoms with Gasteiger partial charge in [0, 0.05) is 17.8 Å². The van der Waals surface area contributed by atoms with Crippen molar-refractivity contribution in [2.24, 2.45) is 28.6 Å². The molecule has 0 bridgehead atoms. The van der Waals surface area contributed by atoms with Gasteiger partial charge in [-0.2, -0.15) is 0 Å². The first kappa shape index (κ1) is 30.7. The van der Waals surface area contributed by atoms with Gasteiger partial charge in [-0.15, -0.1) is 11.3 Å². The first-order valence-electron chi connectivity index (χ1n) is 13.4. The van der Waals surface area contributed by atoms with E-state index in [1.54, 1.807) is 32.1 Å². The number of allylic oxidation sites excluding steroid dienone is 1. The normalized spacial score (nSPS) is 33.4. The highest BCUT2D eigenvalue weighted by Crippen LogP contribution is 2.57. The third kappa shape index (κ3) is 8.49. The Balaban J connectivity index is 0.000000380. The van der Waals surface area contributed by atoms with Gasteiger partial charge in [0.05, 0.1) is 34.7 Å². The molecule has 0 unspecified atom stereocenters. The highest BCUT2D eigenvalue weighted by atomic mass is 32.1. The number of aliphatic hydroxyl groups is 2. The molecular weight excluding hydrogens is 472 g/mol. The van der Waals surface area contributed by atoms with Gasteiger partial charge in [-0.1, -0.05) is 46.6 Å². The topological polar surface area (TPSA) is 99.5 Å². The van der Waals surface area contributed by atoms with Crippen molar-refractivity contribution in [1.29, 1.82) is 0 Å². The molecular formula is C29H48N2O4S. The van der Waals surface area contributed by atoms with Crippen LogP contribution < -0.4 is 5.32 Å². The van der Waals surface area contributed by atoms with Gasteiger partial charge in [0.2, 0.25) is 5.91 Å². The van der Waals surface area contributed by atoms with Crippen LogP contribution in [0.1, 0.15) is 97.7 Å². The lowest BCUT2D eigenvalue weighted by atomic mass is 9.73. The van der Waals surface area contributed by atoms with Crippen LogP contribution in [0.5, 0.6) is 0 Å². The molecule has 1 aromatic rings. The first-order valence-corrected chi connectivity index (χ1v) is 14.3. The third-order valence-corrected chi connectivity index (χ3v) is 8.98. The highest BCUT2D eigenvalue weighted by molar-refractivity contribution is 7.09. The van der Waals surface area contributed by atoms with Crippen LogP contribution in [0, 0.1) is 35.5 Å². The summed E-state index contributed by atoms with van der Waals surface area (Å²) in [6.07, 6.45) is 5.47. The molecule has 204 valence electrons. The maximum Gasteiger partial charge on any atom is 0.222 e. The number of rotatable bonds is 1. The number of aliphatic hydroxyl groups excluding tert-OH is 2. The number of aryl methyl sites for hydroxylation is 1. The number of nitrogens with zero attached hydrogens (tertiary/aromatic N) is 1. The molecule has 1 saturated carbocycles. The van der Waals surface area contributed by atoms with E-state index in [1.807, 2.05) is 13.8 Å². The number of thiazole rings is 1. The Morgan fingerprint density at radius 2 is 1.83 bits per heavy atom. The second-order valence-electron chi connectivity index (χ2n) is 12.2. The van der Waals surface area contributed by atoms with Gasteiger partial charge in [0.15, 0.2) is 0 Å². The molecule has 0 aromatic carbocycles. The Bertz CT molecular complexity index is 920. The fourth-order valence-electron chi connectivity index (χ4n) is 5.29. The van der Waals surface area contributed by atoms with Crippen LogP contribution in [-0.4, -0.2) is 45.6 Å². The quantitative estimate of drug-likeness (QED) is 0.450. The largest absolute Gasteiger partial charge is 0.392 e. The number of nitrogens with one attached hydrogen (secondary N) is 1. The van der Waals surface area contributed by atoms with Crippen LogP contribution in [0.25, 0.3) is 6.08 Å². The van der Waals surface area contributed by atoms with Crippen molar-refractivity contribution in [1.82, 2.24) is 10.3 Å². The van der Waals surface area contributed by atoms with Crippen LogP contribution in [0.3, 0.4) is 0 Å². The second-order valence-corrected chi connectivity index (χ2v) is 13.2. The molecule has 1 saturated heterocycles. The molecule has 3 N–H and O–H groups in total. The molecule has 7 heteroatoms. The Kier molecular flexibility index (Phi) is 10.9. The summed E-state index contributed by atoms with van der Waals surface area (Å²) in [6.45, 7) is 16.2. The van der Waals surface area contributed by atoms with Crippen molar-refractivity contribution >= 4 is 29.1 Å². The predicted molar refractivity (Wildman–Crippen MR) is 148 cm³/mol. The SMILES string of the molecule is CC(C)=Cc1csc(C)n1.C[C@H]1CCC[C@@]2(C)C[C@H]2CCNC(=O)C[C@H](O)C(C)(C)C(=O)[C@H](C)[C@H]1O. The highest BCUT2D eigenvalue weighted by Gasteiger charge is 2.48. The smallest absolute Gasteiger partial charge is 0.222 e. The average Bonchev–Trinajstić information content (AvgIpc) is 3.24. The van der Waals surface area contributed by atoms with Crippen LogP contribution in [-0.2, 0) is 9.59 Å². The van der Waals surface area contributed by atoms with Crippen LogP contribution >= 0.6 is 11.3 Å². The Morgan fingerprint density at radius 1 is 1.17 bits per heavy atom. The average molecular weight is 521 g/mol. The van der Waals surface area contributed by atoms with Crippen LogP contribution in [0.4, 0.5) is 0 Å². The maximum atomic E-state index is 12.9. The zero-order chi connectivity index (χ0) is 27.3. The van der Waals surface area contributed by atoms with E-state index in [2.05, 4.69) is 42.5 Å². The fourth-order valence-corrected chi connectivity index (χ4v) is 5.86. The lowest BCUT2D eigenvalue weighted by Gasteiger charge is -2.34. The Hall–Kier alpha value is -1.57. The lowest BCUT2D eigenvalue weighted by Crippen LogP contribution is -2.46. The molecule has 1 aliphatic heterocycles. The molecule has 2 heterocycles. The summed E-state index contributed by atoms with van der Waals surface area (Å²) >= 11 is 1.69. The minimum Gasteiger partial charge on any atom is -0.392 e. The van der Waals surface area contributed by atoms with E-state index in [4.69, 9.17) is 0 Å². The molecule has 36 heavy (non-hydrogen) atoms. The van der Waals surface area contributed by atoms with E-state index in [1.165, 1.54) is 12.0 Å². The van der Waals surface area contributed by atoms with Crippen molar-refractivity contribution < 1.29 is 19.8 Å². The van der Waals surface area contributed by atoms with E-state index < -0.39 is 23.5 Å². The zero-order valence-corrected chi connectivity index (χ0v) is 24.4. The van der Waals surface area contributed by atoms with Gasteiger partial charge >= 0.3 is 0 Å². The van der Waals surface area contributed by atoms with E-state index >= 15 is 0 Å². The number of fused-ring (bicyclic) bond motifs is 1. The minimum atomic E-state index is -1.07. The monoisotopic (exact) mass is 520 g/mol. The molecule has 2 aliphatic rings. The summed E-state index contributed by atoms with van der Waals surface area (Å²) in [5, 5.41) is 27.2. The predicted octanol–water partition coefficient (Wildman–Crippen LogP) is 5.56. The van der Waals surface area contributed by atoms with Gasteiger partial charge < -0.3 is 15.5 Å². The van der Waals surface area contributed by atoms with Crippen molar-refractivity contribution in [3.05, 3.63) is 21.7 Å². The van der Waals surface area contributed by atoms with Gasteiger partial charge in [-0.3, -0.25) is 9.59 Å². The van der Waals surface area contributed by atoms with E-state index in [0.29, 0.717) is 17.9 Å². The van der Waals surface area contributed by atoms with Gasteiger partial charge in [-0.25, -0.2) is 4.98 Å². The van der Waals surface area contributed by atoms with Crippen LogP contribution in [0.15, 0.2) is 11.0 Å². The van der Waals surface area contributed by atoms with Crippen LogP contribution in [0.2, 0.25) is 0 Å². The summed E-state index contributed by atoms with van der Waals surface area (Å²) in [5.41, 5.74) is 1.67. The van der Waals surface area contributed by atoms with Gasteiger partial charge in [0.25, 0.3) is 0 Å². The van der Waals surface area contributed by atoms with Crippen molar-refractivity contribution in [2.75, 3.05) is 6.54 Å². The van der Waals surface area contributed by atoms with Gasteiger partial charge in [-0.05, 0) is 69.8 Å². The number of ketones is 1. The van der Waals surface area contributed by atoms with E-state index in [0.717, 1.165) is 36.4 Å². The number of hydrogen-bond acceptors (Lipinski definition) is 6. The number of Topliss-reactive ketones (excluding diaryl/α,β-unsaturated/α-hetero) is 1. The summed E-state index contributed by atoms with van der Waals surface area (Å²) in [6, 6.07) is 0. The maximum absolute atomic E-state index is 12.9. The molecule has 0 radical (unpaired) electrons. The molecule has 6 nitrogen and oxygen atoms in total. The number of amides is 1. The molecule has 2 fully saturated rings. The number of aromatic nitrogens is 1. The summed E-state index contributed by atoms with van der Waals surface area (Å²) in [5.74, 6) is -0.264. The standard InChI is InChI=1S/C21H37NO4.C8H11NS/c1-13-7-6-9-21(5)12-15(21)8-10-22-17(24)11-16(23)20(3,4)19(26)14(2)18(13)25;1-6(2)4-8-5-10-7(3)9-8/h13-16,18,23,25H,6-12H2,1-5H3,(H,22,24);4-5H,1-3H3/t13-,14+,15+,16-,18-,21-;/m0./s1. The second kappa shape index (κ2) is 12.8. The van der Waals surface area contributed by atoms with Gasteiger partial charge in [0.1, 0.15) is 5.78 Å². The number of carbonyl (C=O) groups is 2. The summed E-state index contributed by atoms with van der Waals surface area (Å²) in [7, 11) is 0. The van der Waals surface area contributed by atoms with Crippen molar-refractivity contribution in [3.8, 4) is 0 Å². The van der Waals surface area contributed by atoms with E-state index in [9.17, 15) is 19.8 Å². The lowest BCUT2D eigenvalue weighted by molar-refractivity contribution is -0.143. The molecule has 6 atom stereocenters. The minimum absolute atomic E-state index is 0.0406. The van der Waals surface area contributed by atoms with Crippen molar-refractivity contribution in [2.45, 2.75) is 106 Å².